The van der Waals surface area contributed by atoms with Crippen LogP contribution in [-0.2, 0) is 18.4 Å². The number of hydrogen-bond donors (Lipinski definition) is 1. The largest absolute Gasteiger partial charge is 0.348 e. The average molecular weight is 501 g/mol. The van der Waals surface area contributed by atoms with Crippen molar-refractivity contribution in [2.75, 3.05) is 18.0 Å². The number of nitrogens with one attached hydrogen (secondary N) is 1. The van der Waals surface area contributed by atoms with Crippen molar-refractivity contribution in [3.05, 3.63) is 88.5 Å². The lowest BCUT2D eigenvalue weighted by Gasteiger charge is -2.35. The molecule has 37 heavy (non-hydrogen) atoms. The van der Waals surface area contributed by atoms with Gasteiger partial charge in [-0.25, -0.2) is 14.4 Å². The Morgan fingerprint density at radius 1 is 1.05 bits per heavy atom. The molecule has 5 nitrogen and oxygen atoms in total. The highest BCUT2D eigenvalue weighted by atomic mass is 19.1. The van der Waals surface area contributed by atoms with E-state index in [4.69, 9.17) is 9.97 Å². The van der Waals surface area contributed by atoms with Crippen LogP contribution in [0.25, 0.3) is 0 Å². The second kappa shape index (κ2) is 11.0. The molecule has 2 heterocycles. The number of benzene rings is 2. The number of rotatable bonds is 7. The van der Waals surface area contributed by atoms with Gasteiger partial charge in [0.05, 0.1) is 17.0 Å². The number of nitrogens with zero attached hydrogens (tertiary/aromatic N) is 3. The summed E-state index contributed by atoms with van der Waals surface area (Å²) >= 11 is 0. The highest BCUT2D eigenvalue weighted by Gasteiger charge is 2.43. The minimum Gasteiger partial charge on any atom is -0.348 e. The lowest BCUT2D eigenvalue weighted by Crippen LogP contribution is -2.38. The maximum atomic E-state index is 13.9. The molecule has 194 valence electrons. The second-order valence-electron chi connectivity index (χ2n) is 10.7. The first-order chi connectivity index (χ1) is 18.0. The number of aromatic nitrogens is 2. The van der Waals surface area contributed by atoms with Gasteiger partial charge in [0.15, 0.2) is 0 Å². The van der Waals surface area contributed by atoms with Gasteiger partial charge in [0.25, 0.3) is 5.91 Å². The van der Waals surface area contributed by atoms with Gasteiger partial charge in [-0.3, -0.25) is 4.79 Å². The molecule has 1 atom stereocenters. The van der Waals surface area contributed by atoms with Gasteiger partial charge in [0.2, 0.25) is 5.95 Å². The summed E-state index contributed by atoms with van der Waals surface area (Å²) < 4.78 is 13.9. The lowest BCUT2D eigenvalue weighted by molar-refractivity contribution is 0.0946. The fourth-order valence-corrected chi connectivity index (χ4v) is 6.12. The normalized spacial score (nSPS) is 19.1. The van der Waals surface area contributed by atoms with Gasteiger partial charge in [-0.05, 0) is 61.3 Å². The number of piperidine rings is 1. The molecule has 1 saturated carbocycles. The van der Waals surface area contributed by atoms with E-state index in [0.29, 0.717) is 24.4 Å². The summed E-state index contributed by atoms with van der Waals surface area (Å²) in [4.78, 5) is 26.4. The van der Waals surface area contributed by atoms with E-state index in [-0.39, 0.29) is 11.7 Å². The zero-order valence-electron chi connectivity index (χ0n) is 22.0. The molecule has 1 saturated heterocycles. The predicted molar refractivity (Wildman–Crippen MR) is 145 cm³/mol. The summed E-state index contributed by atoms with van der Waals surface area (Å²) in [6.45, 7) is 6.62. The Labute approximate surface area is 219 Å². The van der Waals surface area contributed by atoms with Crippen LogP contribution in [0, 0.1) is 11.7 Å². The standard InChI is InChI=1S/C31H37FN4O/c1-3-26-27(29(37)33-20-23-11-5-4-6-12-23)28(35-30(34-26)36-19-9-10-22(2)21-36)31(17-7-8-18-31)24-13-15-25(32)16-14-24/h4-6,11-16,22H,3,7-10,17-21H2,1-2H3,(H,33,37). The maximum absolute atomic E-state index is 13.9. The molecule has 6 heteroatoms. The third kappa shape index (κ3) is 5.25. The van der Waals surface area contributed by atoms with Crippen molar-refractivity contribution in [1.82, 2.24) is 15.3 Å². The van der Waals surface area contributed by atoms with Gasteiger partial charge in [0, 0.05) is 25.0 Å². The zero-order valence-corrected chi connectivity index (χ0v) is 22.0. The minimum atomic E-state index is -0.434. The van der Waals surface area contributed by atoms with E-state index in [0.717, 1.165) is 73.7 Å². The lowest BCUT2D eigenvalue weighted by atomic mass is 9.73. The number of amides is 1. The van der Waals surface area contributed by atoms with Gasteiger partial charge in [-0.1, -0.05) is 69.2 Å². The van der Waals surface area contributed by atoms with Crippen LogP contribution < -0.4 is 10.2 Å². The number of aryl methyl sites for hydroxylation is 1. The number of halogens is 1. The Balaban J connectivity index is 1.63. The first-order valence-electron chi connectivity index (χ1n) is 13.7. The summed E-state index contributed by atoms with van der Waals surface area (Å²) in [7, 11) is 0. The van der Waals surface area contributed by atoms with E-state index in [1.807, 2.05) is 42.5 Å². The van der Waals surface area contributed by atoms with Crippen LogP contribution in [0.15, 0.2) is 54.6 Å². The number of carbonyl (C=O) groups excluding carboxylic acids is 1. The van der Waals surface area contributed by atoms with Crippen LogP contribution in [0.4, 0.5) is 10.3 Å². The molecule has 1 aromatic heterocycles. The van der Waals surface area contributed by atoms with Crippen LogP contribution in [0.5, 0.6) is 0 Å². The van der Waals surface area contributed by atoms with Crippen LogP contribution in [-0.4, -0.2) is 29.0 Å². The molecule has 1 N–H and O–H groups in total. The molecular formula is C31H37FN4O. The van der Waals surface area contributed by atoms with E-state index in [2.05, 4.69) is 24.1 Å². The van der Waals surface area contributed by atoms with E-state index in [1.54, 1.807) is 0 Å². The zero-order chi connectivity index (χ0) is 25.8. The van der Waals surface area contributed by atoms with E-state index in [9.17, 15) is 9.18 Å². The van der Waals surface area contributed by atoms with Crippen LogP contribution >= 0.6 is 0 Å². The Kier molecular flexibility index (Phi) is 7.54. The summed E-state index contributed by atoms with van der Waals surface area (Å²) in [6, 6.07) is 16.8. The van der Waals surface area contributed by atoms with Crippen molar-refractivity contribution in [3.8, 4) is 0 Å². The van der Waals surface area contributed by atoms with Crippen molar-refractivity contribution < 1.29 is 9.18 Å². The molecule has 0 bridgehead atoms. The highest BCUT2D eigenvalue weighted by Crippen LogP contribution is 2.47. The van der Waals surface area contributed by atoms with Gasteiger partial charge in [-0.2, -0.15) is 0 Å². The fourth-order valence-electron chi connectivity index (χ4n) is 6.12. The Morgan fingerprint density at radius 3 is 2.46 bits per heavy atom. The summed E-state index contributed by atoms with van der Waals surface area (Å²) in [5, 5.41) is 3.15. The third-order valence-corrected chi connectivity index (χ3v) is 8.08. The second-order valence-corrected chi connectivity index (χ2v) is 10.7. The highest BCUT2D eigenvalue weighted by molar-refractivity contribution is 5.97. The molecule has 2 fully saturated rings. The first kappa shape index (κ1) is 25.4. The first-order valence-corrected chi connectivity index (χ1v) is 13.7. The quantitative estimate of drug-likeness (QED) is 0.419. The van der Waals surface area contributed by atoms with Gasteiger partial charge < -0.3 is 10.2 Å². The van der Waals surface area contributed by atoms with Gasteiger partial charge in [-0.15, -0.1) is 0 Å². The molecule has 3 aromatic rings. The van der Waals surface area contributed by atoms with Crippen LogP contribution in [0.1, 0.15) is 85.2 Å². The molecule has 1 aliphatic heterocycles. The van der Waals surface area contributed by atoms with Crippen molar-refractivity contribution in [2.24, 2.45) is 5.92 Å². The molecule has 1 aliphatic carbocycles. The summed E-state index contributed by atoms with van der Waals surface area (Å²) in [5.41, 5.74) is 3.83. The topological polar surface area (TPSA) is 58.1 Å². The van der Waals surface area contributed by atoms with Crippen LogP contribution in [0.3, 0.4) is 0 Å². The Morgan fingerprint density at radius 2 is 1.78 bits per heavy atom. The molecule has 2 aromatic carbocycles. The van der Waals surface area contributed by atoms with Crippen molar-refractivity contribution in [1.29, 1.82) is 0 Å². The predicted octanol–water partition coefficient (Wildman–Crippen LogP) is 6.20. The molecular weight excluding hydrogens is 463 g/mol. The van der Waals surface area contributed by atoms with Gasteiger partial charge in [0.1, 0.15) is 5.82 Å². The molecule has 0 radical (unpaired) electrons. The minimum absolute atomic E-state index is 0.136. The molecule has 5 rings (SSSR count). The van der Waals surface area contributed by atoms with Crippen LogP contribution in [0.2, 0.25) is 0 Å². The van der Waals surface area contributed by atoms with Crippen molar-refractivity contribution in [2.45, 2.75) is 70.8 Å². The SMILES string of the molecule is CCc1nc(N2CCCC(C)C2)nc(C2(c3ccc(F)cc3)CCCC2)c1C(=O)NCc1ccccc1. The van der Waals surface area contributed by atoms with E-state index >= 15 is 0 Å². The summed E-state index contributed by atoms with van der Waals surface area (Å²) in [5.74, 6) is 0.920. The van der Waals surface area contributed by atoms with E-state index < -0.39 is 5.41 Å². The molecule has 1 amide bonds. The van der Waals surface area contributed by atoms with Crippen molar-refractivity contribution in [3.63, 3.8) is 0 Å². The number of hydrogen-bond acceptors (Lipinski definition) is 4. The maximum Gasteiger partial charge on any atom is 0.255 e. The summed E-state index contributed by atoms with van der Waals surface area (Å²) in [6.07, 6.45) is 6.82. The fraction of sp³-hybridized carbons (Fsp3) is 0.452. The van der Waals surface area contributed by atoms with Crippen molar-refractivity contribution >= 4 is 11.9 Å². The number of carbonyl (C=O) groups is 1. The van der Waals surface area contributed by atoms with Gasteiger partial charge >= 0.3 is 0 Å². The molecule has 1 unspecified atom stereocenters. The Bertz CT molecular complexity index is 1220. The molecule has 2 aliphatic rings. The molecule has 0 spiro atoms. The monoisotopic (exact) mass is 500 g/mol. The third-order valence-electron chi connectivity index (χ3n) is 8.08. The smallest absolute Gasteiger partial charge is 0.255 e. The van der Waals surface area contributed by atoms with E-state index in [1.165, 1.54) is 18.6 Å². The Hall–Kier alpha value is -3.28. The average Bonchev–Trinajstić information content (AvgIpc) is 3.43. The number of anilines is 1.